The molecule has 2 N–H and O–H groups in total. The van der Waals surface area contributed by atoms with Gasteiger partial charge in [0.15, 0.2) is 0 Å². The van der Waals surface area contributed by atoms with Gasteiger partial charge >= 0.3 is 0 Å². The number of nitrogens with one attached hydrogen (secondary N) is 1. The largest absolute Gasteiger partial charge is 0.509 e. The van der Waals surface area contributed by atoms with E-state index in [1.165, 1.54) is 5.56 Å². The summed E-state index contributed by atoms with van der Waals surface area (Å²) in [7, 11) is 0. The van der Waals surface area contributed by atoms with Crippen molar-refractivity contribution in [2.24, 2.45) is 5.92 Å². The molecule has 1 spiro atoms. The number of amides is 1. The molecule has 3 rings (SSSR count). The number of carbonyl (C=O) groups excluding carboxylic acids is 1. The summed E-state index contributed by atoms with van der Waals surface area (Å²) in [5.41, 5.74) is 3.16. The Hall–Kier alpha value is -1.77. The van der Waals surface area contributed by atoms with Gasteiger partial charge in [0.25, 0.3) is 5.91 Å². The Bertz CT molecular complexity index is 637. The van der Waals surface area contributed by atoms with Crippen LogP contribution in [0.1, 0.15) is 56.2 Å². The first-order chi connectivity index (χ1) is 10.5. The third kappa shape index (κ3) is 2.33. The zero-order valence-corrected chi connectivity index (χ0v) is 13.7. The summed E-state index contributed by atoms with van der Waals surface area (Å²) >= 11 is 0. The van der Waals surface area contributed by atoms with Crippen LogP contribution in [0.15, 0.2) is 24.0 Å². The summed E-state index contributed by atoms with van der Waals surface area (Å²) in [6.07, 6.45) is 4.62. The number of aliphatic hydroxyl groups excluding tert-OH is 1. The number of hydrogen-bond acceptors (Lipinski definition) is 2. The van der Waals surface area contributed by atoms with E-state index in [0.717, 1.165) is 43.2 Å². The van der Waals surface area contributed by atoms with Crippen LogP contribution in [0.4, 0.5) is 0 Å². The molecule has 3 nitrogen and oxygen atoms in total. The van der Waals surface area contributed by atoms with Gasteiger partial charge in [-0.1, -0.05) is 37.6 Å². The molecule has 1 aromatic rings. The molecule has 0 saturated heterocycles. The van der Waals surface area contributed by atoms with E-state index in [-0.39, 0.29) is 11.7 Å². The molecule has 118 valence electrons. The molecular formula is C19H25NO2. The summed E-state index contributed by atoms with van der Waals surface area (Å²) in [5.74, 6) is 0.818. The van der Waals surface area contributed by atoms with E-state index in [1.807, 2.05) is 12.1 Å². The van der Waals surface area contributed by atoms with Crippen molar-refractivity contribution < 1.29 is 9.90 Å². The summed E-state index contributed by atoms with van der Waals surface area (Å²) in [5, 5.41) is 14.0. The molecule has 0 unspecified atom stereocenters. The van der Waals surface area contributed by atoms with Crippen molar-refractivity contribution in [1.29, 1.82) is 0 Å². The number of aliphatic hydroxyl groups is 1. The Morgan fingerprint density at radius 2 is 2.00 bits per heavy atom. The summed E-state index contributed by atoms with van der Waals surface area (Å²) in [4.78, 5) is 12.6. The molecule has 1 aliphatic heterocycles. The highest BCUT2D eigenvalue weighted by Crippen LogP contribution is 2.43. The van der Waals surface area contributed by atoms with Crippen molar-refractivity contribution in [2.45, 2.75) is 58.4 Å². The lowest BCUT2D eigenvalue weighted by atomic mass is 9.76. The number of rotatable bonds is 2. The van der Waals surface area contributed by atoms with Crippen LogP contribution in [0, 0.1) is 12.8 Å². The average molecular weight is 299 g/mol. The van der Waals surface area contributed by atoms with Gasteiger partial charge in [-0.3, -0.25) is 4.79 Å². The highest BCUT2D eigenvalue weighted by molar-refractivity contribution is 6.23. The monoisotopic (exact) mass is 299 g/mol. The fraction of sp³-hybridized carbons (Fsp3) is 0.526. The van der Waals surface area contributed by atoms with E-state index in [9.17, 15) is 9.90 Å². The zero-order valence-electron chi connectivity index (χ0n) is 13.7. The van der Waals surface area contributed by atoms with Crippen LogP contribution < -0.4 is 5.32 Å². The molecule has 0 aromatic heterocycles. The van der Waals surface area contributed by atoms with Crippen molar-refractivity contribution in [2.75, 3.05) is 0 Å². The molecule has 1 fully saturated rings. The lowest BCUT2D eigenvalue weighted by molar-refractivity contribution is -0.116. The fourth-order valence-corrected chi connectivity index (χ4v) is 3.81. The maximum Gasteiger partial charge on any atom is 0.256 e. The topological polar surface area (TPSA) is 49.3 Å². The molecule has 1 saturated carbocycles. The molecule has 0 bridgehead atoms. The lowest BCUT2D eigenvalue weighted by Gasteiger charge is -2.36. The molecule has 0 radical (unpaired) electrons. The smallest absolute Gasteiger partial charge is 0.256 e. The van der Waals surface area contributed by atoms with Gasteiger partial charge in [-0.2, -0.15) is 0 Å². The van der Waals surface area contributed by atoms with Crippen LogP contribution in [0.3, 0.4) is 0 Å². The second kappa shape index (κ2) is 5.45. The molecule has 1 aromatic carbocycles. The van der Waals surface area contributed by atoms with Gasteiger partial charge in [-0.25, -0.2) is 0 Å². The molecule has 0 atom stereocenters. The Morgan fingerprint density at radius 3 is 2.64 bits per heavy atom. The Kier molecular flexibility index (Phi) is 3.75. The fourth-order valence-electron chi connectivity index (χ4n) is 3.81. The molecule has 1 amide bonds. The van der Waals surface area contributed by atoms with Gasteiger partial charge in [-0.05, 0) is 56.1 Å². The van der Waals surface area contributed by atoms with Crippen LogP contribution in [0.25, 0.3) is 5.57 Å². The maximum atomic E-state index is 12.6. The van der Waals surface area contributed by atoms with Gasteiger partial charge in [0.05, 0.1) is 11.1 Å². The first kappa shape index (κ1) is 15.1. The Balaban J connectivity index is 2.06. The average Bonchev–Trinajstić information content (AvgIpc) is 2.74. The molecule has 1 heterocycles. The minimum Gasteiger partial charge on any atom is -0.509 e. The second-order valence-corrected chi connectivity index (χ2v) is 6.96. The van der Waals surface area contributed by atoms with Crippen LogP contribution in [0.5, 0.6) is 0 Å². The minimum absolute atomic E-state index is 0.120. The summed E-state index contributed by atoms with van der Waals surface area (Å²) in [6.45, 7) is 6.37. The Labute approximate surface area is 132 Å². The van der Waals surface area contributed by atoms with E-state index in [0.29, 0.717) is 11.5 Å². The third-order valence-electron chi connectivity index (χ3n) is 5.31. The second-order valence-electron chi connectivity index (χ2n) is 6.96. The van der Waals surface area contributed by atoms with Gasteiger partial charge < -0.3 is 10.4 Å². The number of carbonyl (C=O) groups is 1. The van der Waals surface area contributed by atoms with E-state index < -0.39 is 5.54 Å². The quantitative estimate of drug-likeness (QED) is 0.870. The summed E-state index contributed by atoms with van der Waals surface area (Å²) in [6, 6.07) is 6.09. The van der Waals surface area contributed by atoms with Crippen LogP contribution in [-0.2, 0) is 11.2 Å². The number of aryl methyl sites for hydroxylation is 2. The van der Waals surface area contributed by atoms with Gasteiger partial charge in [0.2, 0.25) is 0 Å². The van der Waals surface area contributed by atoms with Crippen LogP contribution in [-0.4, -0.2) is 16.6 Å². The first-order valence-electron chi connectivity index (χ1n) is 8.33. The van der Waals surface area contributed by atoms with E-state index in [1.54, 1.807) is 0 Å². The van der Waals surface area contributed by atoms with E-state index >= 15 is 0 Å². The zero-order chi connectivity index (χ0) is 15.9. The first-order valence-corrected chi connectivity index (χ1v) is 8.33. The van der Waals surface area contributed by atoms with Crippen LogP contribution >= 0.6 is 0 Å². The molecule has 2 aliphatic rings. The van der Waals surface area contributed by atoms with Crippen molar-refractivity contribution >= 4 is 11.5 Å². The molecule has 3 heteroatoms. The third-order valence-corrected chi connectivity index (χ3v) is 5.31. The van der Waals surface area contributed by atoms with Crippen molar-refractivity contribution in [3.63, 3.8) is 0 Å². The van der Waals surface area contributed by atoms with Gasteiger partial charge in [0, 0.05) is 0 Å². The SMILES string of the molecule is CCc1cc(C)ccc1C1=C(O)C2(CCC(C)CC2)NC1=O. The summed E-state index contributed by atoms with van der Waals surface area (Å²) < 4.78 is 0. The maximum absolute atomic E-state index is 12.6. The van der Waals surface area contributed by atoms with E-state index in [2.05, 4.69) is 32.2 Å². The highest BCUT2D eigenvalue weighted by atomic mass is 16.3. The van der Waals surface area contributed by atoms with E-state index in [4.69, 9.17) is 0 Å². The minimum atomic E-state index is -0.519. The molecule has 22 heavy (non-hydrogen) atoms. The van der Waals surface area contributed by atoms with Crippen LogP contribution in [0.2, 0.25) is 0 Å². The standard InChI is InChI=1S/C19H25NO2/c1-4-14-11-13(3)5-6-15(14)16-17(21)19(20-18(16)22)9-7-12(2)8-10-19/h5-6,11-12,21H,4,7-10H2,1-3H3,(H,20,22). The molecular weight excluding hydrogens is 274 g/mol. The molecule has 1 aliphatic carbocycles. The van der Waals surface area contributed by atoms with Crippen molar-refractivity contribution in [3.05, 3.63) is 40.6 Å². The lowest BCUT2D eigenvalue weighted by Crippen LogP contribution is -2.47. The van der Waals surface area contributed by atoms with Crippen molar-refractivity contribution in [3.8, 4) is 0 Å². The predicted molar refractivity (Wildman–Crippen MR) is 88.6 cm³/mol. The van der Waals surface area contributed by atoms with Gasteiger partial charge in [-0.15, -0.1) is 0 Å². The van der Waals surface area contributed by atoms with Crippen molar-refractivity contribution in [1.82, 2.24) is 5.32 Å². The normalized spacial score (nSPS) is 28.3. The Morgan fingerprint density at radius 1 is 1.32 bits per heavy atom. The van der Waals surface area contributed by atoms with Gasteiger partial charge in [0.1, 0.15) is 5.76 Å². The number of benzene rings is 1. The highest BCUT2D eigenvalue weighted by Gasteiger charge is 2.47. The number of hydrogen-bond donors (Lipinski definition) is 2. The predicted octanol–water partition coefficient (Wildman–Crippen LogP) is 3.91.